The van der Waals surface area contributed by atoms with Gasteiger partial charge in [0.05, 0.1) is 0 Å². The predicted molar refractivity (Wildman–Crippen MR) is 78.4 cm³/mol. The molecule has 20 heavy (non-hydrogen) atoms. The van der Waals surface area contributed by atoms with Crippen LogP contribution in [0.15, 0.2) is 30.3 Å². The Morgan fingerprint density at radius 1 is 1.15 bits per heavy atom. The van der Waals surface area contributed by atoms with Crippen LogP contribution in [0.1, 0.15) is 20.3 Å². The fraction of sp³-hybridized carbons (Fsp3) is 0.467. The van der Waals surface area contributed by atoms with E-state index < -0.39 is 6.04 Å². The van der Waals surface area contributed by atoms with E-state index in [1.54, 1.807) is 17.0 Å². The van der Waals surface area contributed by atoms with Crippen molar-refractivity contribution in [1.82, 2.24) is 10.2 Å². The lowest BCUT2D eigenvalue weighted by atomic mass is 10.0. The highest BCUT2D eigenvalue weighted by atomic mass is 16.2. The lowest BCUT2D eigenvalue weighted by Crippen LogP contribution is -2.55. The maximum atomic E-state index is 12.2. The maximum absolute atomic E-state index is 12.2. The quantitative estimate of drug-likeness (QED) is 0.883. The van der Waals surface area contributed by atoms with Crippen LogP contribution in [-0.4, -0.2) is 36.0 Å². The van der Waals surface area contributed by atoms with Gasteiger partial charge in [0.15, 0.2) is 0 Å². The van der Waals surface area contributed by atoms with Gasteiger partial charge >= 0.3 is 6.03 Å². The first-order chi connectivity index (χ1) is 9.58. The van der Waals surface area contributed by atoms with Crippen LogP contribution in [0.5, 0.6) is 0 Å². The van der Waals surface area contributed by atoms with Crippen LogP contribution in [-0.2, 0) is 4.79 Å². The Kier molecular flexibility index (Phi) is 4.61. The van der Waals surface area contributed by atoms with Crippen molar-refractivity contribution in [2.45, 2.75) is 26.3 Å². The molecule has 1 atom stereocenters. The third-order valence-corrected chi connectivity index (χ3v) is 3.42. The van der Waals surface area contributed by atoms with Gasteiger partial charge in [0.1, 0.15) is 6.04 Å². The zero-order chi connectivity index (χ0) is 14.5. The summed E-state index contributed by atoms with van der Waals surface area (Å²) in [7, 11) is 0. The van der Waals surface area contributed by atoms with E-state index in [9.17, 15) is 9.59 Å². The molecule has 0 saturated carbocycles. The number of nitrogens with one attached hydrogen (secondary N) is 2. The summed E-state index contributed by atoms with van der Waals surface area (Å²) in [5.74, 6) is 0.0686. The zero-order valence-electron chi connectivity index (χ0n) is 11.9. The molecule has 1 aliphatic rings. The topological polar surface area (TPSA) is 61.4 Å². The highest BCUT2D eigenvalue weighted by molar-refractivity contribution is 5.94. The lowest BCUT2D eigenvalue weighted by molar-refractivity contribution is -0.137. The van der Waals surface area contributed by atoms with E-state index >= 15 is 0 Å². The summed E-state index contributed by atoms with van der Waals surface area (Å²) in [5.41, 5.74) is 0.712. The molecule has 1 aliphatic heterocycles. The zero-order valence-corrected chi connectivity index (χ0v) is 11.9. The fourth-order valence-corrected chi connectivity index (χ4v) is 2.08. The minimum absolute atomic E-state index is 0.00876. The van der Waals surface area contributed by atoms with Crippen LogP contribution < -0.4 is 10.6 Å². The molecule has 0 spiro atoms. The van der Waals surface area contributed by atoms with E-state index in [4.69, 9.17) is 0 Å². The third-order valence-electron chi connectivity index (χ3n) is 3.42. The molecule has 0 bridgehead atoms. The molecule has 1 aromatic carbocycles. The molecule has 2 N–H and O–H groups in total. The fourth-order valence-electron chi connectivity index (χ4n) is 2.08. The van der Waals surface area contributed by atoms with Crippen molar-refractivity contribution in [1.29, 1.82) is 0 Å². The normalized spacial score (nSPS) is 15.4. The van der Waals surface area contributed by atoms with Gasteiger partial charge in [-0.3, -0.25) is 4.79 Å². The monoisotopic (exact) mass is 275 g/mol. The lowest BCUT2D eigenvalue weighted by Gasteiger charge is -2.35. The van der Waals surface area contributed by atoms with Gasteiger partial charge in [-0.2, -0.15) is 0 Å². The van der Waals surface area contributed by atoms with Crippen LogP contribution in [0.4, 0.5) is 10.5 Å². The Hall–Kier alpha value is -2.04. The molecule has 1 saturated heterocycles. The molecule has 2 rings (SSSR count). The average Bonchev–Trinajstić information content (AvgIpc) is 2.34. The molecule has 1 heterocycles. The van der Waals surface area contributed by atoms with E-state index in [1.807, 2.05) is 32.0 Å². The van der Waals surface area contributed by atoms with E-state index in [1.165, 1.54) is 0 Å². The first kappa shape index (κ1) is 14.4. The summed E-state index contributed by atoms with van der Waals surface area (Å²) in [6.45, 7) is 5.46. The van der Waals surface area contributed by atoms with Crippen LogP contribution in [0, 0.1) is 5.92 Å². The molecule has 0 unspecified atom stereocenters. The molecule has 1 fully saturated rings. The van der Waals surface area contributed by atoms with Crippen molar-refractivity contribution >= 4 is 17.6 Å². The Balaban J connectivity index is 1.93. The number of rotatable bonds is 4. The molecular weight excluding hydrogens is 254 g/mol. The van der Waals surface area contributed by atoms with E-state index in [2.05, 4.69) is 10.6 Å². The highest BCUT2D eigenvalue weighted by Gasteiger charge is 2.31. The number of carbonyl (C=O) groups excluding carboxylic acids is 2. The second-order valence-electron chi connectivity index (χ2n) is 5.37. The molecule has 0 aromatic heterocycles. The summed E-state index contributed by atoms with van der Waals surface area (Å²) < 4.78 is 0. The molecule has 5 nitrogen and oxygen atoms in total. The van der Waals surface area contributed by atoms with Crippen molar-refractivity contribution in [3.8, 4) is 0 Å². The van der Waals surface area contributed by atoms with Gasteiger partial charge < -0.3 is 15.5 Å². The predicted octanol–water partition coefficient (Wildman–Crippen LogP) is 2.06. The Bertz CT molecular complexity index is 469. The third kappa shape index (κ3) is 3.50. The Morgan fingerprint density at radius 3 is 2.30 bits per heavy atom. The summed E-state index contributed by atoms with van der Waals surface area (Å²) >= 11 is 0. The van der Waals surface area contributed by atoms with Gasteiger partial charge in [0.25, 0.3) is 0 Å². The van der Waals surface area contributed by atoms with E-state index in [0.717, 1.165) is 19.5 Å². The minimum Gasteiger partial charge on any atom is -0.341 e. The number of amides is 3. The van der Waals surface area contributed by atoms with E-state index in [0.29, 0.717) is 5.69 Å². The van der Waals surface area contributed by atoms with Gasteiger partial charge in [0.2, 0.25) is 5.91 Å². The molecular formula is C15H21N3O2. The molecule has 0 radical (unpaired) electrons. The molecule has 108 valence electrons. The van der Waals surface area contributed by atoms with E-state index in [-0.39, 0.29) is 17.9 Å². The van der Waals surface area contributed by atoms with Gasteiger partial charge in [-0.05, 0) is 24.5 Å². The van der Waals surface area contributed by atoms with Crippen molar-refractivity contribution in [2.24, 2.45) is 5.92 Å². The van der Waals surface area contributed by atoms with Gasteiger partial charge in [0, 0.05) is 18.8 Å². The van der Waals surface area contributed by atoms with Crippen LogP contribution in [0.2, 0.25) is 0 Å². The summed E-state index contributed by atoms with van der Waals surface area (Å²) in [4.78, 5) is 26.0. The summed E-state index contributed by atoms with van der Waals surface area (Å²) in [6.07, 6.45) is 1.05. The second-order valence-corrected chi connectivity index (χ2v) is 5.37. The number of benzene rings is 1. The van der Waals surface area contributed by atoms with Crippen LogP contribution in [0.25, 0.3) is 0 Å². The molecule has 3 amide bonds. The molecule has 1 aromatic rings. The Morgan fingerprint density at radius 2 is 1.80 bits per heavy atom. The first-order valence-corrected chi connectivity index (χ1v) is 6.99. The number of urea groups is 1. The second kappa shape index (κ2) is 6.41. The summed E-state index contributed by atoms with van der Waals surface area (Å²) in [6, 6.07) is 8.37. The smallest absolute Gasteiger partial charge is 0.319 e. The van der Waals surface area contributed by atoms with Crippen molar-refractivity contribution in [2.75, 3.05) is 18.4 Å². The van der Waals surface area contributed by atoms with Gasteiger partial charge in [-0.15, -0.1) is 0 Å². The number of likely N-dealkylation sites (tertiary alicyclic amines) is 1. The maximum Gasteiger partial charge on any atom is 0.319 e. The number of carbonyl (C=O) groups is 2. The largest absolute Gasteiger partial charge is 0.341 e. The van der Waals surface area contributed by atoms with Crippen molar-refractivity contribution in [3.05, 3.63) is 30.3 Å². The summed E-state index contributed by atoms with van der Waals surface area (Å²) in [5, 5.41) is 5.51. The van der Waals surface area contributed by atoms with Crippen LogP contribution >= 0.6 is 0 Å². The van der Waals surface area contributed by atoms with Crippen molar-refractivity contribution in [3.63, 3.8) is 0 Å². The number of hydrogen-bond acceptors (Lipinski definition) is 2. The molecule has 0 aliphatic carbocycles. The van der Waals surface area contributed by atoms with Gasteiger partial charge in [-0.25, -0.2) is 4.79 Å². The highest BCUT2D eigenvalue weighted by Crippen LogP contribution is 2.13. The minimum atomic E-state index is -0.473. The number of para-hydroxylation sites is 1. The standard InChI is InChI=1S/C15H21N3O2/c1-11(2)13(14(19)18-9-6-10-18)17-15(20)16-12-7-4-3-5-8-12/h3-5,7-8,11,13H,6,9-10H2,1-2H3,(H2,16,17,20)/t13-/m1/s1. The number of nitrogens with zero attached hydrogens (tertiary/aromatic N) is 1. The number of hydrogen-bond donors (Lipinski definition) is 2. The molecule has 5 heteroatoms. The SMILES string of the molecule is CC(C)[C@@H](NC(=O)Nc1ccccc1)C(=O)N1CCC1. The Labute approximate surface area is 119 Å². The number of anilines is 1. The first-order valence-electron chi connectivity index (χ1n) is 6.99. The van der Waals surface area contributed by atoms with Crippen molar-refractivity contribution < 1.29 is 9.59 Å². The van der Waals surface area contributed by atoms with Gasteiger partial charge in [-0.1, -0.05) is 32.0 Å². The average molecular weight is 275 g/mol. The van der Waals surface area contributed by atoms with Crippen LogP contribution in [0.3, 0.4) is 0 Å².